The molecule has 0 radical (unpaired) electrons. The van der Waals surface area contributed by atoms with Gasteiger partial charge in [0, 0.05) is 0 Å². The fraction of sp³-hybridized carbons (Fsp3) is 0.917. The zero-order chi connectivity index (χ0) is 11.1. The van der Waals surface area contributed by atoms with Gasteiger partial charge >= 0.3 is 0 Å². The lowest BCUT2D eigenvalue weighted by Crippen LogP contribution is -2.64. The number of hydrogen-bond donors (Lipinski definition) is 2. The Morgan fingerprint density at radius 2 is 2.07 bits per heavy atom. The van der Waals surface area contributed by atoms with Gasteiger partial charge in [0.15, 0.2) is 0 Å². The number of carbonyl (C=O) groups excluding carboxylic acids is 1. The molecule has 3 N–H and O–H groups in total. The summed E-state index contributed by atoms with van der Waals surface area (Å²) < 4.78 is 0. The largest absolute Gasteiger partial charge is 0.368 e. The van der Waals surface area contributed by atoms with Crippen LogP contribution in [0.2, 0.25) is 0 Å². The molecule has 0 spiro atoms. The molecule has 2 rings (SSSR count). The summed E-state index contributed by atoms with van der Waals surface area (Å²) in [5.74, 6) is 1.99. The topological polar surface area (TPSA) is 55.1 Å². The van der Waals surface area contributed by atoms with Crippen LogP contribution in [0.5, 0.6) is 0 Å². The first kappa shape index (κ1) is 10.9. The van der Waals surface area contributed by atoms with Crippen LogP contribution in [0.1, 0.15) is 39.5 Å². The van der Waals surface area contributed by atoms with Gasteiger partial charge in [-0.15, -0.1) is 0 Å². The van der Waals surface area contributed by atoms with Gasteiger partial charge in [-0.3, -0.25) is 4.79 Å². The summed E-state index contributed by atoms with van der Waals surface area (Å²) in [7, 11) is 0. The molecule has 0 saturated heterocycles. The lowest BCUT2D eigenvalue weighted by molar-refractivity contribution is -0.131. The van der Waals surface area contributed by atoms with E-state index >= 15 is 0 Å². The summed E-state index contributed by atoms with van der Waals surface area (Å²) in [4.78, 5) is 11.5. The van der Waals surface area contributed by atoms with Crippen LogP contribution in [0.4, 0.5) is 0 Å². The van der Waals surface area contributed by atoms with Crippen LogP contribution >= 0.6 is 0 Å². The second-order valence-electron chi connectivity index (χ2n) is 5.68. The molecule has 1 amide bonds. The molecule has 0 aromatic carbocycles. The van der Waals surface area contributed by atoms with Crippen molar-refractivity contribution in [2.45, 2.75) is 45.1 Å². The SMILES string of the molecule is CC(C)C1CC(NCC2CC2)(C(N)=O)C1. The molecular weight excluding hydrogens is 188 g/mol. The second kappa shape index (κ2) is 3.78. The average molecular weight is 210 g/mol. The molecule has 0 atom stereocenters. The highest BCUT2D eigenvalue weighted by Crippen LogP contribution is 2.42. The highest BCUT2D eigenvalue weighted by Gasteiger charge is 2.49. The minimum atomic E-state index is -0.364. The molecule has 2 fully saturated rings. The van der Waals surface area contributed by atoms with E-state index in [0.717, 1.165) is 25.3 Å². The molecule has 0 unspecified atom stereocenters. The third kappa shape index (κ3) is 2.17. The maximum Gasteiger partial charge on any atom is 0.237 e. The van der Waals surface area contributed by atoms with Gasteiger partial charge in [-0.05, 0) is 50.0 Å². The Hall–Kier alpha value is -0.570. The third-order valence-corrected chi connectivity index (χ3v) is 4.06. The molecule has 0 aliphatic heterocycles. The number of amides is 1. The summed E-state index contributed by atoms with van der Waals surface area (Å²) in [5, 5.41) is 3.40. The predicted molar refractivity (Wildman–Crippen MR) is 60.2 cm³/mol. The van der Waals surface area contributed by atoms with Crippen LogP contribution in [-0.2, 0) is 4.79 Å². The summed E-state index contributed by atoms with van der Waals surface area (Å²) >= 11 is 0. The predicted octanol–water partition coefficient (Wildman–Crippen LogP) is 1.28. The van der Waals surface area contributed by atoms with Crippen LogP contribution in [-0.4, -0.2) is 18.0 Å². The van der Waals surface area contributed by atoms with Crippen molar-refractivity contribution in [3.8, 4) is 0 Å². The van der Waals surface area contributed by atoms with Crippen molar-refractivity contribution in [1.82, 2.24) is 5.32 Å². The lowest BCUT2D eigenvalue weighted by Gasteiger charge is -2.48. The Kier molecular flexibility index (Phi) is 2.75. The molecule has 0 aromatic rings. The van der Waals surface area contributed by atoms with Crippen molar-refractivity contribution in [2.75, 3.05) is 6.54 Å². The maximum absolute atomic E-state index is 11.5. The van der Waals surface area contributed by atoms with Crippen molar-refractivity contribution in [2.24, 2.45) is 23.5 Å². The zero-order valence-electron chi connectivity index (χ0n) is 9.75. The number of hydrogen-bond acceptors (Lipinski definition) is 2. The molecule has 2 aliphatic rings. The Morgan fingerprint density at radius 3 is 2.47 bits per heavy atom. The molecule has 0 heterocycles. The van der Waals surface area contributed by atoms with Crippen LogP contribution in [0.15, 0.2) is 0 Å². The molecule has 3 heteroatoms. The number of rotatable bonds is 5. The van der Waals surface area contributed by atoms with E-state index in [1.165, 1.54) is 12.8 Å². The van der Waals surface area contributed by atoms with Crippen LogP contribution in [0.3, 0.4) is 0 Å². The van der Waals surface area contributed by atoms with Crippen molar-refractivity contribution in [3.05, 3.63) is 0 Å². The monoisotopic (exact) mass is 210 g/mol. The van der Waals surface area contributed by atoms with E-state index in [1.807, 2.05) is 0 Å². The number of carbonyl (C=O) groups is 1. The van der Waals surface area contributed by atoms with E-state index in [-0.39, 0.29) is 11.4 Å². The Labute approximate surface area is 91.8 Å². The minimum absolute atomic E-state index is 0.153. The van der Waals surface area contributed by atoms with Gasteiger partial charge < -0.3 is 11.1 Å². The molecule has 2 saturated carbocycles. The van der Waals surface area contributed by atoms with Gasteiger partial charge in [0.1, 0.15) is 0 Å². The number of nitrogens with one attached hydrogen (secondary N) is 1. The van der Waals surface area contributed by atoms with Gasteiger partial charge in [0.2, 0.25) is 5.91 Å². The van der Waals surface area contributed by atoms with Crippen molar-refractivity contribution in [1.29, 1.82) is 0 Å². The quantitative estimate of drug-likeness (QED) is 0.718. The van der Waals surface area contributed by atoms with Gasteiger partial charge in [0.05, 0.1) is 5.54 Å². The highest BCUT2D eigenvalue weighted by atomic mass is 16.1. The van der Waals surface area contributed by atoms with E-state index < -0.39 is 0 Å². The van der Waals surface area contributed by atoms with E-state index in [9.17, 15) is 4.79 Å². The van der Waals surface area contributed by atoms with Gasteiger partial charge in [-0.1, -0.05) is 13.8 Å². The highest BCUT2D eigenvalue weighted by molar-refractivity contribution is 5.85. The first-order valence-corrected chi connectivity index (χ1v) is 6.08. The fourth-order valence-corrected chi connectivity index (χ4v) is 2.40. The van der Waals surface area contributed by atoms with Gasteiger partial charge in [-0.2, -0.15) is 0 Å². The molecule has 0 bridgehead atoms. The molecule has 86 valence electrons. The lowest BCUT2D eigenvalue weighted by atomic mass is 9.63. The van der Waals surface area contributed by atoms with Crippen LogP contribution in [0.25, 0.3) is 0 Å². The summed E-state index contributed by atoms with van der Waals surface area (Å²) in [6.45, 7) is 5.42. The second-order valence-corrected chi connectivity index (χ2v) is 5.68. The summed E-state index contributed by atoms with van der Waals surface area (Å²) in [6, 6.07) is 0. The first-order valence-electron chi connectivity index (χ1n) is 6.08. The molecular formula is C12H22N2O. The van der Waals surface area contributed by atoms with Crippen LogP contribution < -0.4 is 11.1 Å². The summed E-state index contributed by atoms with van der Waals surface area (Å²) in [6.07, 6.45) is 4.50. The van der Waals surface area contributed by atoms with Crippen molar-refractivity contribution in [3.63, 3.8) is 0 Å². The Bertz CT molecular complexity index is 247. The Balaban J connectivity index is 1.86. The van der Waals surface area contributed by atoms with Gasteiger partial charge in [-0.25, -0.2) is 0 Å². The van der Waals surface area contributed by atoms with Crippen molar-refractivity contribution >= 4 is 5.91 Å². The van der Waals surface area contributed by atoms with Crippen molar-refractivity contribution < 1.29 is 4.79 Å². The third-order valence-electron chi connectivity index (χ3n) is 4.06. The number of nitrogens with two attached hydrogens (primary N) is 1. The standard InChI is InChI=1S/C12H22N2O/c1-8(2)10-5-12(6-10,11(13)15)14-7-9-3-4-9/h8-10,14H,3-7H2,1-2H3,(H2,13,15). The van der Waals surface area contributed by atoms with E-state index in [0.29, 0.717) is 11.8 Å². The minimum Gasteiger partial charge on any atom is -0.368 e. The first-order chi connectivity index (χ1) is 7.03. The smallest absolute Gasteiger partial charge is 0.237 e. The molecule has 2 aliphatic carbocycles. The number of primary amides is 1. The van der Waals surface area contributed by atoms with E-state index in [1.54, 1.807) is 0 Å². The average Bonchev–Trinajstić information content (AvgIpc) is 2.84. The molecule has 15 heavy (non-hydrogen) atoms. The normalized spacial score (nSPS) is 35.3. The van der Waals surface area contributed by atoms with E-state index in [4.69, 9.17) is 5.73 Å². The van der Waals surface area contributed by atoms with E-state index in [2.05, 4.69) is 19.2 Å². The molecule has 3 nitrogen and oxygen atoms in total. The maximum atomic E-state index is 11.5. The van der Waals surface area contributed by atoms with Gasteiger partial charge in [0.25, 0.3) is 0 Å². The Morgan fingerprint density at radius 1 is 1.47 bits per heavy atom. The zero-order valence-corrected chi connectivity index (χ0v) is 9.75. The summed E-state index contributed by atoms with van der Waals surface area (Å²) in [5.41, 5.74) is 5.14. The van der Waals surface area contributed by atoms with Crippen LogP contribution in [0, 0.1) is 17.8 Å². The fourth-order valence-electron chi connectivity index (χ4n) is 2.40. The molecule has 0 aromatic heterocycles.